The molecule has 60 heavy (non-hydrogen) atoms. The Labute approximate surface area is 349 Å². The van der Waals surface area contributed by atoms with Crippen LogP contribution in [0.4, 0.5) is 34.1 Å². The van der Waals surface area contributed by atoms with Crippen LogP contribution in [0.2, 0.25) is 0 Å². The van der Waals surface area contributed by atoms with Crippen molar-refractivity contribution in [1.29, 1.82) is 0 Å². The number of anilines is 6. The smallest absolute Gasteiger partial charge is 0.140 e. The Morgan fingerprint density at radius 3 is 1.38 bits per heavy atom. The van der Waals surface area contributed by atoms with Crippen LogP contribution in [0.5, 0.6) is 0 Å². The van der Waals surface area contributed by atoms with Gasteiger partial charge in [-0.15, -0.1) is 0 Å². The molecule has 11 rings (SSSR count). The lowest BCUT2D eigenvalue weighted by Crippen LogP contribution is -2.12. The average molecular weight is 777 g/mol. The van der Waals surface area contributed by atoms with E-state index in [-0.39, 0.29) is 5.41 Å². The van der Waals surface area contributed by atoms with Crippen molar-refractivity contribution >= 4 is 99.5 Å². The zero-order valence-corrected chi connectivity index (χ0v) is 34.5. The molecule has 9 aromatic carbocycles. The standard InChI is InChI=1S/C56H44N2O2/c1-35-16-12-14-22-48(35)57(41-18-8-6-9-19-41)43-26-24-37-30-45-46-34-52-53(54(56(3,4)5)55(46)60-50(45)32-39(37)28-43)47-31-38-25-27-44(29-40(38)33-51(47)59-52)58(42-20-10-7-11-21-42)49-23-15-13-17-36(49)2/h6-34H,1-5H3. The van der Waals surface area contributed by atoms with Crippen LogP contribution < -0.4 is 9.80 Å². The van der Waals surface area contributed by atoms with Crippen LogP contribution in [0.1, 0.15) is 37.5 Å². The van der Waals surface area contributed by atoms with Gasteiger partial charge in [-0.05, 0) is 143 Å². The minimum absolute atomic E-state index is 0.235. The molecule has 0 aliphatic heterocycles. The minimum atomic E-state index is -0.235. The second-order valence-electron chi connectivity index (χ2n) is 17.1. The van der Waals surface area contributed by atoms with E-state index in [0.29, 0.717) is 0 Å². The first kappa shape index (κ1) is 35.8. The van der Waals surface area contributed by atoms with Crippen LogP contribution in [-0.4, -0.2) is 0 Å². The molecule has 0 aliphatic carbocycles. The summed E-state index contributed by atoms with van der Waals surface area (Å²) in [6.45, 7) is 11.2. The summed E-state index contributed by atoms with van der Waals surface area (Å²) in [6, 6.07) is 63.0. The molecule has 0 radical (unpaired) electrons. The molecule has 0 N–H and O–H groups in total. The maximum atomic E-state index is 7.00. The highest BCUT2D eigenvalue weighted by atomic mass is 16.3. The number of para-hydroxylation sites is 4. The number of hydrogen-bond acceptors (Lipinski definition) is 4. The van der Waals surface area contributed by atoms with Gasteiger partial charge in [0.1, 0.15) is 22.3 Å². The second-order valence-corrected chi connectivity index (χ2v) is 17.1. The number of aryl methyl sites for hydroxylation is 2. The first-order valence-electron chi connectivity index (χ1n) is 20.7. The first-order chi connectivity index (χ1) is 29.2. The van der Waals surface area contributed by atoms with Crippen LogP contribution in [0.3, 0.4) is 0 Å². The van der Waals surface area contributed by atoms with Crippen LogP contribution >= 0.6 is 0 Å². The fourth-order valence-corrected chi connectivity index (χ4v) is 9.26. The van der Waals surface area contributed by atoms with Gasteiger partial charge in [0.15, 0.2) is 0 Å². The van der Waals surface area contributed by atoms with Gasteiger partial charge in [0.25, 0.3) is 0 Å². The molecule has 0 saturated heterocycles. The van der Waals surface area contributed by atoms with Crippen LogP contribution in [-0.2, 0) is 5.41 Å². The van der Waals surface area contributed by atoms with E-state index in [4.69, 9.17) is 8.83 Å². The molecule has 0 aliphatic rings. The Hall–Kier alpha value is -7.30. The third kappa shape index (κ3) is 5.82. The predicted octanol–water partition coefficient (Wildman–Crippen LogP) is 16.6. The molecule has 0 unspecified atom stereocenters. The Morgan fingerprint density at radius 2 is 0.867 bits per heavy atom. The van der Waals surface area contributed by atoms with Crippen molar-refractivity contribution in [3.05, 3.63) is 193 Å². The Balaban J connectivity index is 1.08. The molecule has 4 heteroatoms. The molecule has 0 fully saturated rings. The van der Waals surface area contributed by atoms with Gasteiger partial charge in [-0.25, -0.2) is 0 Å². The Bertz CT molecular complexity index is 3340. The van der Waals surface area contributed by atoms with Gasteiger partial charge in [0.2, 0.25) is 0 Å². The summed E-state index contributed by atoms with van der Waals surface area (Å²) in [4.78, 5) is 4.67. The summed E-state index contributed by atoms with van der Waals surface area (Å²) in [5.74, 6) is 0. The van der Waals surface area contributed by atoms with Crippen LogP contribution in [0.25, 0.3) is 65.4 Å². The highest BCUT2D eigenvalue weighted by Gasteiger charge is 2.28. The summed E-state index contributed by atoms with van der Waals surface area (Å²) in [7, 11) is 0. The zero-order valence-electron chi connectivity index (χ0n) is 34.5. The van der Waals surface area contributed by atoms with E-state index in [9.17, 15) is 0 Å². The molecular weight excluding hydrogens is 733 g/mol. The van der Waals surface area contributed by atoms with Gasteiger partial charge in [-0.2, -0.15) is 0 Å². The maximum absolute atomic E-state index is 7.00. The summed E-state index contributed by atoms with van der Waals surface area (Å²) < 4.78 is 13.9. The molecule has 2 aromatic heterocycles. The van der Waals surface area contributed by atoms with Gasteiger partial charge in [0.05, 0.1) is 0 Å². The van der Waals surface area contributed by atoms with Gasteiger partial charge in [0, 0.05) is 61.2 Å². The number of hydrogen-bond donors (Lipinski definition) is 0. The van der Waals surface area contributed by atoms with Crippen molar-refractivity contribution in [3.8, 4) is 0 Å². The van der Waals surface area contributed by atoms with Gasteiger partial charge < -0.3 is 18.6 Å². The lowest BCUT2D eigenvalue weighted by molar-refractivity contribution is 0.577. The van der Waals surface area contributed by atoms with Gasteiger partial charge >= 0.3 is 0 Å². The second kappa shape index (κ2) is 13.6. The minimum Gasteiger partial charge on any atom is -0.456 e. The highest BCUT2D eigenvalue weighted by Crippen LogP contribution is 2.47. The topological polar surface area (TPSA) is 32.8 Å². The lowest BCUT2D eigenvalue weighted by atomic mass is 9.82. The number of benzene rings is 9. The summed E-state index contributed by atoms with van der Waals surface area (Å²) in [5.41, 5.74) is 13.6. The third-order valence-corrected chi connectivity index (χ3v) is 12.1. The highest BCUT2D eigenvalue weighted by molar-refractivity contribution is 6.20. The molecule has 11 aromatic rings. The van der Waals surface area contributed by atoms with Gasteiger partial charge in [-0.3, -0.25) is 0 Å². The zero-order chi connectivity index (χ0) is 40.7. The molecule has 2 heterocycles. The molecule has 290 valence electrons. The third-order valence-electron chi connectivity index (χ3n) is 12.1. The van der Waals surface area contributed by atoms with E-state index in [1.807, 2.05) is 0 Å². The van der Waals surface area contributed by atoms with Crippen molar-refractivity contribution in [3.63, 3.8) is 0 Å². The lowest BCUT2D eigenvalue weighted by Gasteiger charge is -2.27. The number of fused-ring (bicyclic) bond motifs is 8. The number of rotatable bonds is 6. The quantitative estimate of drug-likeness (QED) is 0.168. The van der Waals surface area contributed by atoms with Crippen molar-refractivity contribution < 1.29 is 8.83 Å². The SMILES string of the molecule is Cc1ccccc1N(c1ccccc1)c1ccc2cc3c(cc2c1)oc1c(C(C)(C)C)c2c(cc13)oc1cc3cc(N(c4ccccc4)c4ccccc4C)ccc3cc12. The number of furan rings is 2. The van der Waals surface area contributed by atoms with Gasteiger partial charge in [-0.1, -0.05) is 106 Å². The molecule has 0 amide bonds. The maximum Gasteiger partial charge on any atom is 0.140 e. The molecule has 0 bridgehead atoms. The van der Waals surface area contributed by atoms with Crippen molar-refractivity contribution in [2.45, 2.75) is 40.0 Å². The molecule has 4 nitrogen and oxygen atoms in total. The van der Waals surface area contributed by atoms with E-state index < -0.39 is 0 Å². The molecule has 0 saturated carbocycles. The monoisotopic (exact) mass is 776 g/mol. The van der Waals surface area contributed by atoms with Crippen molar-refractivity contribution in [1.82, 2.24) is 0 Å². The number of nitrogens with zero attached hydrogens (tertiary/aromatic N) is 2. The largest absolute Gasteiger partial charge is 0.456 e. The van der Waals surface area contributed by atoms with Crippen molar-refractivity contribution in [2.24, 2.45) is 0 Å². The summed E-state index contributed by atoms with van der Waals surface area (Å²) in [5, 5.41) is 8.94. The molecule has 0 atom stereocenters. The summed E-state index contributed by atoms with van der Waals surface area (Å²) in [6.07, 6.45) is 0. The normalized spacial score (nSPS) is 12.1. The van der Waals surface area contributed by atoms with E-state index in [2.05, 4.69) is 220 Å². The molecule has 0 spiro atoms. The Morgan fingerprint density at radius 1 is 0.383 bits per heavy atom. The average Bonchev–Trinajstić information content (AvgIpc) is 3.79. The summed E-state index contributed by atoms with van der Waals surface area (Å²) >= 11 is 0. The predicted molar refractivity (Wildman–Crippen MR) is 254 cm³/mol. The fraction of sp³-hybridized carbons (Fsp3) is 0.107. The van der Waals surface area contributed by atoms with Crippen LogP contribution in [0, 0.1) is 13.8 Å². The van der Waals surface area contributed by atoms with Crippen LogP contribution in [0.15, 0.2) is 185 Å². The Kier molecular flexibility index (Phi) is 8.15. The first-order valence-corrected chi connectivity index (χ1v) is 20.7. The van der Waals surface area contributed by atoms with E-state index in [1.54, 1.807) is 0 Å². The van der Waals surface area contributed by atoms with E-state index in [0.717, 1.165) is 105 Å². The fourth-order valence-electron chi connectivity index (χ4n) is 9.26. The van der Waals surface area contributed by atoms with E-state index in [1.165, 1.54) is 11.1 Å². The van der Waals surface area contributed by atoms with E-state index >= 15 is 0 Å². The van der Waals surface area contributed by atoms with Crippen molar-refractivity contribution in [2.75, 3.05) is 9.80 Å². The molecular formula is C56H44N2O2.